The summed E-state index contributed by atoms with van der Waals surface area (Å²) in [6.45, 7) is 1.76. The van der Waals surface area contributed by atoms with Crippen molar-refractivity contribution in [1.29, 1.82) is 10.5 Å². The first-order valence-corrected chi connectivity index (χ1v) is 7.37. The first-order valence-electron chi connectivity index (χ1n) is 7.37. The fraction of sp³-hybridized carbons (Fsp3) is 0.111. The molecule has 7 heteroatoms. The molecule has 0 spiro atoms. The van der Waals surface area contributed by atoms with Gasteiger partial charge in [-0.15, -0.1) is 0 Å². The second-order valence-electron chi connectivity index (χ2n) is 4.82. The summed E-state index contributed by atoms with van der Waals surface area (Å²) in [4.78, 5) is 26.1. The summed E-state index contributed by atoms with van der Waals surface area (Å²) in [6, 6.07) is 12.5. The molecule has 2 aromatic rings. The molecule has 0 aliphatic carbocycles. The van der Waals surface area contributed by atoms with Gasteiger partial charge in [0, 0.05) is 17.4 Å². The van der Waals surface area contributed by atoms with Gasteiger partial charge in [-0.1, -0.05) is 18.2 Å². The first kappa shape index (κ1) is 17.5. The highest BCUT2D eigenvalue weighted by atomic mass is 16.5. The van der Waals surface area contributed by atoms with Crippen LogP contribution >= 0.6 is 0 Å². The molecule has 2 rings (SSSR count). The summed E-state index contributed by atoms with van der Waals surface area (Å²) in [7, 11) is 0. The van der Waals surface area contributed by atoms with Gasteiger partial charge in [-0.3, -0.25) is 4.79 Å². The number of aromatic amines is 1. The molecule has 0 aliphatic rings. The lowest BCUT2D eigenvalue weighted by molar-refractivity contribution is -0.137. The molecule has 1 aromatic carbocycles. The molecule has 0 saturated carbocycles. The SMILES string of the molecule is CCOC(=O)/C(C#N)=C/c1c[nH]c(=O)c(C#N)c1Nc1ccccc1. The van der Waals surface area contributed by atoms with Crippen LogP contribution in [0.5, 0.6) is 0 Å². The summed E-state index contributed by atoms with van der Waals surface area (Å²) >= 11 is 0. The Labute approximate surface area is 143 Å². The molecule has 0 unspecified atom stereocenters. The van der Waals surface area contributed by atoms with E-state index in [1.807, 2.05) is 12.1 Å². The number of para-hydroxylation sites is 1. The Bertz CT molecular complexity index is 947. The number of hydrogen-bond donors (Lipinski definition) is 2. The number of pyridine rings is 1. The summed E-state index contributed by atoms with van der Waals surface area (Å²) in [6.07, 6.45) is 2.59. The minimum absolute atomic E-state index is 0.127. The third kappa shape index (κ3) is 4.12. The van der Waals surface area contributed by atoms with E-state index in [-0.39, 0.29) is 23.4 Å². The minimum atomic E-state index is -0.777. The van der Waals surface area contributed by atoms with E-state index >= 15 is 0 Å². The number of esters is 1. The largest absolute Gasteiger partial charge is 0.462 e. The van der Waals surface area contributed by atoms with E-state index < -0.39 is 11.5 Å². The van der Waals surface area contributed by atoms with Gasteiger partial charge in [-0.2, -0.15) is 10.5 Å². The fourth-order valence-corrected chi connectivity index (χ4v) is 2.07. The second kappa shape index (κ2) is 8.14. The molecule has 1 aromatic heterocycles. The number of hydrogen-bond acceptors (Lipinski definition) is 6. The summed E-state index contributed by atoms with van der Waals surface area (Å²) in [5, 5.41) is 21.5. The smallest absolute Gasteiger partial charge is 0.348 e. The van der Waals surface area contributed by atoms with Gasteiger partial charge >= 0.3 is 5.97 Å². The van der Waals surface area contributed by atoms with Crippen LogP contribution in [-0.4, -0.2) is 17.6 Å². The third-order valence-electron chi connectivity index (χ3n) is 3.20. The Kier molecular flexibility index (Phi) is 5.70. The number of anilines is 2. The van der Waals surface area contributed by atoms with Crippen LogP contribution in [0.25, 0.3) is 6.08 Å². The van der Waals surface area contributed by atoms with Crippen LogP contribution in [0, 0.1) is 22.7 Å². The quantitative estimate of drug-likeness (QED) is 0.492. The molecule has 0 bridgehead atoms. The van der Waals surface area contributed by atoms with Crippen molar-refractivity contribution in [3.8, 4) is 12.1 Å². The van der Waals surface area contributed by atoms with Crippen molar-refractivity contribution >= 4 is 23.4 Å². The van der Waals surface area contributed by atoms with Gasteiger partial charge < -0.3 is 15.0 Å². The zero-order valence-corrected chi connectivity index (χ0v) is 13.4. The number of rotatable bonds is 5. The lowest BCUT2D eigenvalue weighted by Gasteiger charge is -2.11. The maximum atomic E-state index is 11.9. The van der Waals surface area contributed by atoms with Gasteiger partial charge in [0.05, 0.1) is 12.3 Å². The van der Waals surface area contributed by atoms with E-state index in [4.69, 9.17) is 10.00 Å². The van der Waals surface area contributed by atoms with Crippen molar-refractivity contribution in [3.63, 3.8) is 0 Å². The Morgan fingerprint density at radius 1 is 1.32 bits per heavy atom. The first-order chi connectivity index (χ1) is 12.1. The van der Waals surface area contributed by atoms with E-state index in [9.17, 15) is 14.9 Å². The Morgan fingerprint density at radius 3 is 2.64 bits per heavy atom. The van der Waals surface area contributed by atoms with E-state index in [0.717, 1.165) is 0 Å². The molecule has 0 amide bonds. The number of nitrogens with zero attached hydrogens (tertiary/aromatic N) is 2. The van der Waals surface area contributed by atoms with E-state index in [0.29, 0.717) is 11.3 Å². The lowest BCUT2D eigenvalue weighted by atomic mass is 10.1. The Hall–Kier alpha value is -3.84. The topological polar surface area (TPSA) is 119 Å². The van der Waals surface area contributed by atoms with Crippen LogP contribution < -0.4 is 10.9 Å². The number of carbonyl (C=O) groups is 1. The summed E-state index contributed by atoms with van der Waals surface area (Å²) < 4.78 is 4.82. The van der Waals surface area contributed by atoms with E-state index in [1.165, 1.54) is 12.3 Å². The molecule has 0 fully saturated rings. The number of aromatic nitrogens is 1. The lowest BCUT2D eigenvalue weighted by Crippen LogP contribution is -2.14. The predicted molar refractivity (Wildman–Crippen MR) is 91.7 cm³/mol. The standard InChI is InChI=1S/C18H14N4O3/c1-2-25-18(24)12(9-19)8-13-11-21-17(23)15(10-20)16(13)22-14-6-4-3-5-7-14/h3-8,11H,2H2,1H3,(H2,21,22,23)/b12-8+. The van der Waals surface area contributed by atoms with Crippen molar-refractivity contribution in [2.24, 2.45) is 0 Å². The number of nitriles is 2. The van der Waals surface area contributed by atoms with Gasteiger partial charge in [-0.05, 0) is 25.1 Å². The molecule has 0 saturated heterocycles. The monoisotopic (exact) mass is 334 g/mol. The molecule has 0 aliphatic heterocycles. The van der Waals surface area contributed by atoms with Crippen LogP contribution in [-0.2, 0) is 9.53 Å². The zero-order valence-electron chi connectivity index (χ0n) is 13.4. The Morgan fingerprint density at radius 2 is 2.04 bits per heavy atom. The summed E-state index contributed by atoms with van der Waals surface area (Å²) in [5.41, 5.74) is 0.188. The van der Waals surface area contributed by atoms with Gasteiger partial charge in [0.2, 0.25) is 0 Å². The highest BCUT2D eigenvalue weighted by Gasteiger charge is 2.15. The number of benzene rings is 1. The molecular weight excluding hydrogens is 320 g/mol. The average molecular weight is 334 g/mol. The van der Waals surface area contributed by atoms with Crippen LogP contribution in [0.1, 0.15) is 18.1 Å². The van der Waals surface area contributed by atoms with Crippen molar-refractivity contribution in [1.82, 2.24) is 4.98 Å². The highest BCUT2D eigenvalue weighted by Crippen LogP contribution is 2.24. The molecular formula is C18H14N4O3. The number of carbonyl (C=O) groups excluding carboxylic acids is 1. The van der Waals surface area contributed by atoms with Gasteiger partial charge in [0.25, 0.3) is 5.56 Å². The minimum Gasteiger partial charge on any atom is -0.462 e. The number of H-pyrrole nitrogens is 1. The highest BCUT2D eigenvalue weighted by molar-refractivity contribution is 5.99. The van der Waals surface area contributed by atoms with Crippen molar-refractivity contribution in [2.45, 2.75) is 6.92 Å². The molecule has 1 heterocycles. The molecule has 124 valence electrons. The molecule has 0 radical (unpaired) electrons. The van der Waals surface area contributed by atoms with Crippen LogP contribution in [0.3, 0.4) is 0 Å². The van der Waals surface area contributed by atoms with Gasteiger partial charge in [0.1, 0.15) is 23.3 Å². The third-order valence-corrected chi connectivity index (χ3v) is 3.20. The van der Waals surface area contributed by atoms with E-state index in [1.54, 1.807) is 37.3 Å². The van der Waals surface area contributed by atoms with E-state index in [2.05, 4.69) is 10.3 Å². The fourth-order valence-electron chi connectivity index (χ4n) is 2.07. The Balaban J connectivity index is 2.59. The van der Waals surface area contributed by atoms with Gasteiger partial charge in [-0.25, -0.2) is 4.79 Å². The molecule has 7 nitrogen and oxygen atoms in total. The van der Waals surface area contributed by atoms with Crippen molar-refractivity contribution < 1.29 is 9.53 Å². The maximum absolute atomic E-state index is 11.9. The second-order valence-corrected chi connectivity index (χ2v) is 4.82. The van der Waals surface area contributed by atoms with Crippen molar-refractivity contribution in [2.75, 3.05) is 11.9 Å². The number of nitrogens with one attached hydrogen (secondary N) is 2. The van der Waals surface area contributed by atoms with Crippen molar-refractivity contribution in [3.05, 3.63) is 63.6 Å². The molecule has 25 heavy (non-hydrogen) atoms. The molecule has 2 N–H and O–H groups in total. The predicted octanol–water partition coefficient (Wildman–Crippen LogP) is 2.46. The van der Waals surface area contributed by atoms with Crippen LogP contribution in [0.2, 0.25) is 0 Å². The summed E-state index contributed by atoms with van der Waals surface area (Å²) in [5.74, 6) is -0.777. The molecule has 0 atom stereocenters. The van der Waals surface area contributed by atoms with Crippen LogP contribution in [0.4, 0.5) is 11.4 Å². The zero-order chi connectivity index (χ0) is 18.2. The maximum Gasteiger partial charge on any atom is 0.348 e. The van der Waals surface area contributed by atoms with Crippen LogP contribution in [0.15, 0.2) is 46.9 Å². The number of ether oxygens (including phenoxy) is 1. The normalized spacial score (nSPS) is 10.4. The van der Waals surface area contributed by atoms with Gasteiger partial charge in [0.15, 0.2) is 0 Å². The average Bonchev–Trinajstić information content (AvgIpc) is 2.62.